The van der Waals surface area contributed by atoms with Gasteiger partial charge >= 0.3 is 0 Å². The van der Waals surface area contributed by atoms with Crippen LogP contribution in [0, 0.1) is 0 Å². The van der Waals surface area contributed by atoms with Crippen molar-refractivity contribution < 1.29 is 9.53 Å². The SMILES string of the molecule is O=C1Nc2ccccc2C12CCN(Cc1ccc([C@@H]3CCCO3)s1)CC2. The second-order valence-corrected chi connectivity index (χ2v) is 8.86. The second-order valence-electron chi connectivity index (χ2n) is 7.66. The molecule has 3 aliphatic heterocycles. The van der Waals surface area contributed by atoms with Crippen molar-refractivity contribution in [3.63, 3.8) is 0 Å². The number of amides is 1. The van der Waals surface area contributed by atoms with Crippen molar-refractivity contribution in [1.29, 1.82) is 0 Å². The molecule has 0 unspecified atom stereocenters. The highest BCUT2D eigenvalue weighted by atomic mass is 32.1. The molecular formula is C21H24N2O2S. The predicted octanol–water partition coefficient (Wildman–Crippen LogP) is 4.09. The number of hydrogen-bond acceptors (Lipinski definition) is 4. The molecule has 4 heterocycles. The molecule has 1 aromatic heterocycles. The molecule has 5 rings (SSSR count). The maximum Gasteiger partial charge on any atom is 0.235 e. The van der Waals surface area contributed by atoms with E-state index < -0.39 is 0 Å². The highest BCUT2D eigenvalue weighted by Crippen LogP contribution is 2.45. The minimum atomic E-state index is -0.314. The Kier molecular flexibility index (Phi) is 4.11. The number of carbonyl (C=O) groups is 1. The van der Waals surface area contributed by atoms with Crippen LogP contribution in [0.5, 0.6) is 0 Å². The average Bonchev–Trinajstić information content (AvgIpc) is 3.38. The quantitative estimate of drug-likeness (QED) is 0.887. The highest BCUT2D eigenvalue weighted by Gasteiger charge is 2.48. The van der Waals surface area contributed by atoms with Crippen LogP contribution in [0.15, 0.2) is 36.4 Å². The molecule has 1 atom stereocenters. The Morgan fingerprint density at radius 2 is 2.04 bits per heavy atom. The molecule has 1 spiro atoms. The summed E-state index contributed by atoms with van der Waals surface area (Å²) in [6.45, 7) is 3.82. The predicted molar refractivity (Wildman–Crippen MR) is 104 cm³/mol. The number of nitrogens with zero attached hydrogens (tertiary/aromatic N) is 1. The van der Waals surface area contributed by atoms with Gasteiger partial charge in [0.2, 0.25) is 5.91 Å². The lowest BCUT2D eigenvalue weighted by Gasteiger charge is -2.37. The van der Waals surface area contributed by atoms with Gasteiger partial charge in [0.1, 0.15) is 0 Å². The monoisotopic (exact) mass is 368 g/mol. The normalized spacial score (nSPS) is 24.8. The van der Waals surface area contributed by atoms with E-state index in [1.54, 1.807) is 0 Å². The fourth-order valence-corrected chi connectivity index (χ4v) is 5.78. The van der Waals surface area contributed by atoms with Crippen molar-refractivity contribution in [3.05, 3.63) is 51.7 Å². The standard InChI is InChI=1S/C21H24N2O2S/c24-20-21(16-4-1-2-5-17(16)22-20)9-11-23(12-10-21)14-15-7-8-19(26-15)18-6-3-13-25-18/h1-2,4-5,7-8,18H,3,6,9-14H2,(H,22,24)/t18-/m0/s1. The molecule has 4 nitrogen and oxygen atoms in total. The third-order valence-electron chi connectivity index (χ3n) is 6.14. The molecule has 1 aromatic carbocycles. The van der Waals surface area contributed by atoms with Crippen molar-refractivity contribution in [2.45, 2.75) is 43.7 Å². The number of piperidine rings is 1. The highest BCUT2D eigenvalue weighted by molar-refractivity contribution is 7.12. The minimum Gasteiger partial charge on any atom is -0.373 e. The van der Waals surface area contributed by atoms with E-state index in [1.165, 1.54) is 21.7 Å². The summed E-state index contributed by atoms with van der Waals surface area (Å²) in [6.07, 6.45) is 4.45. The van der Waals surface area contributed by atoms with Gasteiger partial charge < -0.3 is 10.1 Å². The zero-order valence-corrected chi connectivity index (χ0v) is 15.7. The largest absolute Gasteiger partial charge is 0.373 e. The summed E-state index contributed by atoms with van der Waals surface area (Å²) >= 11 is 1.89. The smallest absolute Gasteiger partial charge is 0.235 e. The molecule has 0 aliphatic carbocycles. The molecule has 5 heteroatoms. The van der Waals surface area contributed by atoms with Crippen LogP contribution in [0.4, 0.5) is 5.69 Å². The number of fused-ring (bicyclic) bond motifs is 2. The zero-order valence-electron chi connectivity index (χ0n) is 14.9. The lowest BCUT2D eigenvalue weighted by Crippen LogP contribution is -2.46. The average molecular weight is 369 g/mol. The summed E-state index contributed by atoms with van der Waals surface area (Å²) in [5, 5.41) is 3.09. The van der Waals surface area contributed by atoms with Crippen molar-refractivity contribution >= 4 is 22.9 Å². The summed E-state index contributed by atoms with van der Waals surface area (Å²) in [7, 11) is 0. The second kappa shape index (κ2) is 6.48. The fourth-order valence-electron chi connectivity index (χ4n) is 4.64. The van der Waals surface area contributed by atoms with E-state index >= 15 is 0 Å². The Balaban J connectivity index is 1.26. The molecule has 2 fully saturated rings. The first-order valence-corrected chi connectivity index (χ1v) is 10.4. The Morgan fingerprint density at radius 3 is 2.85 bits per heavy atom. The van der Waals surface area contributed by atoms with E-state index in [9.17, 15) is 4.79 Å². The number of hydrogen-bond donors (Lipinski definition) is 1. The maximum absolute atomic E-state index is 12.7. The van der Waals surface area contributed by atoms with Gasteiger partial charge in [-0.1, -0.05) is 18.2 Å². The van der Waals surface area contributed by atoms with Crippen LogP contribution in [0.2, 0.25) is 0 Å². The lowest BCUT2D eigenvalue weighted by atomic mass is 9.73. The van der Waals surface area contributed by atoms with E-state index in [-0.39, 0.29) is 11.3 Å². The summed E-state index contributed by atoms with van der Waals surface area (Å²) in [5.74, 6) is 0.190. The Labute approximate surface area is 158 Å². The van der Waals surface area contributed by atoms with Crippen LogP contribution in [0.25, 0.3) is 0 Å². The Hall–Kier alpha value is -1.69. The van der Waals surface area contributed by atoms with Crippen LogP contribution < -0.4 is 5.32 Å². The van der Waals surface area contributed by atoms with Crippen molar-refractivity contribution in [1.82, 2.24) is 4.90 Å². The van der Waals surface area contributed by atoms with Crippen molar-refractivity contribution in [2.75, 3.05) is 25.0 Å². The van der Waals surface area contributed by atoms with E-state index in [4.69, 9.17) is 4.74 Å². The number of likely N-dealkylation sites (tertiary alicyclic amines) is 1. The Bertz CT molecular complexity index is 817. The summed E-state index contributed by atoms with van der Waals surface area (Å²) in [4.78, 5) is 17.9. The van der Waals surface area contributed by atoms with Gasteiger partial charge in [-0.25, -0.2) is 0 Å². The van der Waals surface area contributed by atoms with Crippen LogP contribution in [0.3, 0.4) is 0 Å². The molecular weight excluding hydrogens is 344 g/mol. The van der Waals surface area contributed by atoms with Crippen molar-refractivity contribution in [3.8, 4) is 0 Å². The first kappa shape index (κ1) is 16.5. The van der Waals surface area contributed by atoms with Gasteiger partial charge in [0.25, 0.3) is 0 Å². The van der Waals surface area contributed by atoms with Gasteiger partial charge in [0, 0.05) is 28.6 Å². The number of rotatable bonds is 3. The van der Waals surface area contributed by atoms with Gasteiger partial charge in [0.15, 0.2) is 0 Å². The number of para-hydroxylation sites is 1. The number of nitrogens with one attached hydrogen (secondary N) is 1. The number of anilines is 1. The third-order valence-corrected chi connectivity index (χ3v) is 7.31. The van der Waals surface area contributed by atoms with Crippen LogP contribution >= 0.6 is 11.3 Å². The number of thiophene rings is 1. The van der Waals surface area contributed by atoms with E-state index in [0.717, 1.165) is 51.2 Å². The van der Waals surface area contributed by atoms with Gasteiger partial charge in [-0.3, -0.25) is 9.69 Å². The third kappa shape index (κ3) is 2.70. The number of carbonyl (C=O) groups excluding carboxylic acids is 1. The number of benzene rings is 1. The van der Waals surface area contributed by atoms with Gasteiger partial charge in [0.05, 0.1) is 11.5 Å². The lowest BCUT2D eigenvalue weighted by molar-refractivity contribution is -0.122. The fraction of sp³-hybridized carbons (Fsp3) is 0.476. The first-order valence-electron chi connectivity index (χ1n) is 9.58. The van der Waals surface area contributed by atoms with Gasteiger partial charge in [-0.15, -0.1) is 11.3 Å². The van der Waals surface area contributed by atoms with E-state index in [0.29, 0.717) is 6.10 Å². The molecule has 136 valence electrons. The maximum atomic E-state index is 12.7. The summed E-state index contributed by atoms with van der Waals surface area (Å²) in [5.41, 5.74) is 1.89. The molecule has 0 radical (unpaired) electrons. The zero-order chi connectivity index (χ0) is 17.6. The molecule has 0 bridgehead atoms. The molecule has 2 saturated heterocycles. The first-order chi connectivity index (χ1) is 12.7. The van der Waals surface area contributed by atoms with Gasteiger partial charge in [-0.2, -0.15) is 0 Å². The molecule has 3 aliphatic rings. The van der Waals surface area contributed by atoms with Crippen LogP contribution in [0.1, 0.15) is 47.1 Å². The molecule has 1 N–H and O–H groups in total. The topological polar surface area (TPSA) is 41.6 Å². The molecule has 2 aromatic rings. The Morgan fingerprint density at radius 1 is 1.19 bits per heavy atom. The van der Waals surface area contributed by atoms with Crippen LogP contribution in [-0.2, 0) is 21.5 Å². The number of ether oxygens (including phenoxy) is 1. The molecule has 1 amide bonds. The van der Waals surface area contributed by atoms with Crippen LogP contribution in [-0.4, -0.2) is 30.5 Å². The van der Waals surface area contributed by atoms with Gasteiger partial charge in [-0.05, 0) is 62.5 Å². The van der Waals surface area contributed by atoms with E-state index in [1.807, 2.05) is 29.5 Å². The summed E-state index contributed by atoms with van der Waals surface area (Å²) < 4.78 is 5.80. The summed E-state index contributed by atoms with van der Waals surface area (Å²) in [6, 6.07) is 12.7. The van der Waals surface area contributed by atoms with Crippen molar-refractivity contribution in [2.24, 2.45) is 0 Å². The minimum absolute atomic E-state index is 0.190. The molecule has 26 heavy (non-hydrogen) atoms. The van der Waals surface area contributed by atoms with E-state index in [2.05, 4.69) is 28.4 Å². The molecule has 0 saturated carbocycles.